The largest absolute Gasteiger partial charge is 0.453 e. The van der Waals surface area contributed by atoms with E-state index < -0.39 is 0 Å². The van der Waals surface area contributed by atoms with Crippen molar-refractivity contribution < 1.29 is 9.21 Å². The zero-order valence-corrected chi connectivity index (χ0v) is 10.6. The van der Waals surface area contributed by atoms with E-state index in [1.165, 1.54) is 5.56 Å². The number of rotatable bonds is 4. The van der Waals surface area contributed by atoms with Crippen molar-refractivity contribution in [1.82, 2.24) is 0 Å². The van der Waals surface area contributed by atoms with Crippen LogP contribution in [0.4, 0.5) is 0 Å². The van der Waals surface area contributed by atoms with E-state index in [2.05, 4.69) is 0 Å². The summed E-state index contributed by atoms with van der Waals surface area (Å²) in [6, 6.07) is 7.83. The van der Waals surface area contributed by atoms with Crippen LogP contribution in [0.1, 0.15) is 42.8 Å². The van der Waals surface area contributed by atoms with Gasteiger partial charge in [-0.05, 0) is 38.0 Å². The fourth-order valence-electron chi connectivity index (χ4n) is 2.14. The van der Waals surface area contributed by atoms with Crippen LogP contribution in [0.3, 0.4) is 0 Å². The Balaban J connectivity index is 2.39. The molecule has 0 aliphatic rings. The molecule has 2 aromatic rings. The van der Waals surface area contributed by atoms with Gasteiger partial charge >= 0.3 is 0 Å². The lowest BCUT2D eigenvalue weighted by molar-refractivity contribution is 0.0887. The third-order valence-electron chi connectivity index (χ3n) is 3.27. The maximum Gasteiger partial charge on any atom is 0.201 e. The van der Waals surface area contributed by atoms with Gasteiger partial charge in [0.2, 0.25) is 5.78 Å². The number of aryl methyl sites for hydroxylation is 1. The molecule has 0 bridgehead atoms. The molecule has 1 aromatic carbocycles. The summed E-state index contributed by atoms with van der Waals surface area (Å²) in [5, 5.41) is 1.01. The zero-order valence-electron chi connectivity index (χ0n) is 10.6. The van der Waals surface area contributed by atoms with Crippen molar-refractivity contribution in [3.63, 3.8) is 0 Å². The van der Waals surface area contributed by atoms with E-state index in [-0.39, 0.29) is 11.7 Å². The number of hydrogen-bond acceptors (Lipinski definition) is 2. The fourth-order valence-corrected chi connectivity index (χ4v) is 2.14. The van der Waals surface area contributed by atoms with E-state index in [4.69, 9.17) is 4.42 Å². The number of benzene rings is 1. The van der Waals surface area contributed by atoms with Crippen LogP contribution >= 0.6 is 0 Å². The van der Waals surface area contributed by atoms with Crippen LogP contribution in [0.5, 0.6) is 0 Å². The molecule has 0 atom stereocenters. The van der Waals surface area contributed by atoms with Crippen molar-refractivity contribution in [1.29, 1.82) is 0 Å². The maximum absolute atomic E-state index is 12.2. The molecule has 1 aromatic heterocycles. The molecule has 90 valence electrons. The summed E-state index contributed by atoms with van der Waals surface area (Å²) in [5.74, 6) is 0.708. The molecular formula is C15H18O2. The Kier molecular flexibility index (Phi) is 3.32. The van der Waals surface area contributed by atoms with Crippen LogP contribution in [0.2, 0.25) is 0 Å². The SMILES string of the molecule is CCC(CC)C(=O)c1cc2cc(C)ccc2o1. The summed E-state index contributed by atoms with van der Waals surface area (Å²) >= 11 is 0. The molecule has 1 heterocycles. The zero-order chi connectivity index (χ0) is 12.4. The third-order valence-corrected chi connectivity index (χ3v) is 3.27. The molecule has 2 rings (SSSR count). The van der Waals surface area contributed by atoms with Crippen LogP contribution in [-0.2, 0) is 0 Å². The van der Waals surface area contributed by atoms with E-state index in [1.54, 1.807) is 0 Å². The van der Waals surface area contributed by atoms with E-state index in [9.17, 15) is 4.79 Å². The van der Waals surface area contributed by atoms with Crippen LogP contribution in [-0.4, -0.2) is 5.78 Å². The molecule has 0 fully saturated rings. The average molecular weight is 230 g/mol. The maximum atomic E-state index is 12.2. The number of ketones is 1. The van der Waals surface area contributed by atoms with Crippen molar-refractivity contribution >= 4 is 16.8 Å². The minimum atomic E-state index is 0.0802. The Morgan fingerprint density at radius 2 is 1.94 bits per heavy atom. The molecule has 0 amide bonds. The normalized spacial score (nSPS) is 11.3. The third kappa shape index (κ3) is 2.26. The minimum absolute atomic E-state index is 0.0802. The highest BCUT2D eigenvalue weighted by atomic mass is 16.3. The average Bonchev–Trinajstić information content (AvgIpc) is 2.73. The van der Waals surface area contributed by atoms with Gasteiger partial charge in [0.15, 0.2) is 5.76 Å². The highest BCUT2D eigenvalue weighted by Crippen LogP contribution is 2.24. The lowest BCUT2D eigenvalue weighted by Crippen LogP contribution is -2.11. The Morgan fingerprint density at radius 3 is 2.59 bits per heavy atom. The quantitative estimate of drug-likeness (QED) is 0.730. The molecule has 0 aliphatic carbocycles. The van der Waals surface area contributed by atoms with Gasteiger partial charge in [0.05, 0.1) is 0 Å². The molecule has 17 heavy (non-hydrogen) atoms. The van der Waals surface area contributed by atoms with Crippen molar-refractivity contribution in [2.45, 2.75) is 33.6 Å². The van der Waals surface area contributed by atoms with Crippen LogP contribution in [0.25, 0.3) is 11.0 Å². The fraction of sp³-hybridized carbons (Fsp3) is 0.400. The van der Waals surface area contributed by atoms with E-state index in [0.717, 1.165) is 23.8 Å². The summed E-state index contributed by atoms with van der Waals surface area (Å²) < 4.78 is 5.62. The van der Waals surface area contributed by atoms with Gasteiger partial charge in [0.1, 0.15) is 5.58 Å². The molecule has 2 nitrogen and oxygen atoms in total. The number of fused-ring (bicyclic) bond motifs is 1. The second-order valence-corrected chi connectivity index (χ2v) is 4.53. The number of Topliss-reactive ketones (excluding diaryl/α,β-unsaturated/α-hetero) is 1. The number of furan rings is 1. The van der Waals surface area contributed by atoms with Crippen molar-refractivity contribution in [2.24, 2.45) is 5.92 Å². The molecule has 2 heteroatoms. The second-order valence-electron chi connectivity index (χ2n) is 4.53. The molecule has 0 unspecified atom stereocenters. The Bertz CT molecular complexity index is 533. The van der Waals surface area contributed by atoms with Crippen molar-refractivity contribution in [3.05, 3.63) is 35.6 Å². The van der Waals surface area contributed by atoms with Crippen molar-refractivity contribution in [2.75, 3.05) is 0 Å². The standard InChI is InChI=1S/C15H18O2/c1-4-11(5-2)15(16)14-9-12-8-10(3)6-7-13(12)17-14/h6-9,11H,4-5H2,1-3H3. The number of carbonyl (C=O) groups is 1. The van der Waals surface area contributed by atoms with Gasteiger partial charge in [-0.3, -0.25) is 4.79 Å². The van der Waals surface area contributed by atoms with Gasteiger partial charge in [-0.2, -0.15) is 0 Å². The first-order chi connectivity index (χ1) is 8.15. The number of hydrogen-bond donors (Lipinski definition) is 0. The van der Waals surface area contributed by atoms with Crippen molar-refractivity contribution in [3.8, 4) is 0 Å². The first kappa shape index (κ1) is 11.9. The summed E-state index contributed by atoms with van der Waals surface area (Å²) in [4.78, 5) is 12.2. The molecule has 0 spiro atoms. The molecule has 0 N–H and O–H groups in total. The lowest BCUT2D eigenvalue weighted by atomic mass is 9.96. The summed E-state index contributed by atoms with van der Waals surface area (Å²) in [6.45, 7) is 6.12. The van der Waals surface area contributed by atoms with Gasteiger partial charge < -0.3 is 4.42 Å². The van der Waals surface area contributed by atoms with Gasteiger partial charge in [-0.15, -0.1) is 0 Å². The van der Waals surface area contributed by atoms with Gasteiger partial charge in [-0.25, -0.2) is 0 Å². The van der Waals surface area contributed by atoms with E-state index >= 15 is 0 Å². The van der Waals surface area contributed by atoms with Gasteiger partial charge in [0, 0.05) is 11.3 Å². The highest BCUT2D eigenvalue weighted by molar-refractivity contribution is 5.99. The summed E-state index contributed by atoms with van der Waals surface area (Å²) in [6.07, 6.45) is 1.73. The topological polar surface area (TPSA) is 30.2 Å². The van der Waals surface area contributed by atoms with Crippen LogP contribution < -0.4 is 0 Å². The molecule has 0 radical (unpaired) electrons. The smallest absolute Gasteiger partial charge is 0.201 e. The van der Waals surface area contributed by atoms with Crippen LogP contribution in [0, 0.1) is 12.8 Å². The van der Waals surface area contributed by atoms with E-state index in [1.807, 2.05) is 45.0 Å². The second kappa shape index (κ2) is 4.74. The predicted molar refractivity (Wildman–Crippen MR) is 69.4 cm³/mol. The Labute approximate surface area is 102 Å². The molecular weight excluding hydrogens is 212 g/mol. The summed E-state index contributed by atoms with van der Waals surface area (Å²) in [5.41, 5.74) is 1.98. The molecule has 0 aliphatic heterocycles. The monoisotopic (exact) mass is 230 g/mol. The minimum Gasteiger partial charge on any atom is -0.453 e. The Hall–Kier alpha value is -1.57. The Morgan fingerprint density at radius 1 is 1.24 bits per heavy atom. The number of carbonyl (C=O) groups excluding carboxylic acids is 1. The highest BCUT2D eigenvalue weighted by Gasteiger charge is 2.20. The van der Waals surface area contributed by atoms with Gasteiger partial charge in [-0.1, -0.05) is 25.5 Å². The summed E-state index contributed by atoms with van der Waals surface area (Å²) in [7, 11) is 0. The van der Waals surface area contributed by atoms with Crippen LogP contribution in [0.15, 0.2) is 28.7 Å². The molecule has 0 saturated carbocycles. The lowest BCUT2D eigenvalue weighted by Gasteiger charge is -2.07. The van der Waals surface area contributed by atoms with E-state index in [0.29, 0.717) is 5.76 Å². The van der Waals surface area contributed by atoms with Gasteiger partial charge in [0.25, 0.3) is 0 Å². The first-order valence-corrected chi connectivity index (χ1v) is 6.20. The first-order valence-electron chi connectivity index (χ1n) is 6.20. The predicted octanol–water partition coefficient (Wildman–Crippen LogP) is 4.36. The molecule has 0 saturated heterocycles.